The lowest BCUT2D eigenvalue weighted by Gasteiger charge is -2.20. The molecule has 5 nitrogen and oxygen atoms in total. The zero-order chi connectivity index (χ0) is 17.5. The minimum absolute atomic E-state index is 0.137. The smallest absolute Gasteiger partial charge is 0.262 e. The largest absolute Gasteiger partial charge is 0.353 e. The SMILES string of the molecule is O=C(NC(Cc1ccccc1)C(=O)NCC1CCCN1)c1cccs1. The Labute approximate surface area is 151 Å². The number of hydrogen-bond acceptors (Lipinski definition) is 4. The molecular weight excluding hydrogens is 334 g/mol. The fraction of sp³-hybridized carbons (Fsp3) is 0.368. The van der Waals surface area contributed by atoms with Gasteiger partial charge in [-0.15, -0.1) is 11.3 Å². The second-order valence-electron chi connectivity index (χ2n) is 6.23. The molecule has 132 valence electrons. The van der Waals surface area contributed by atoms with Crippen LogP contribution in [0.5, 0.6) is 0 Å². The molecule has 1 fully saturated rings. The Morgan fingerprint density at radius 2 is 2.04 bits per heavy atom. The maximum Gasteiger partial charge on any atom is 0.262 e. The monoisotopic (exact) mass is 357 g/mol. The molecule has 2 amide bonds. The van der Waals surface area contributed by atoms with Crippen molar-refractivity contribution in [3.63, 3.8) is 0 Å². The fourth-order valence-electron chi connectivity index (χ4n) is 2.97. The van der Waals surface area contributed by atoms with Crippen molar-refractivity contribution in [2.24, 2.45) is 0 Å². The van der Waals surface area contributed by atoms with Gasteiger partial charge >= 0.3 is 0 Å². The molecule has 6 heteroatoms. The average Bonchev–Trinajstić information content (AvgIpc) is 3.33. The predicted molar refractivity (Wildman–Crippen MR) is 99.8 cm³/mol. The summed E-state index contributed by atoms with van der Waals surface area (Å²) in [6.45, 7) is 1.60. The molecule has 0 aliphatic carbocycles. The summed E-state index contributed by atoms with van der Waals surface area (Å²) in [6, 6.07) is 13.1. The molecular formula is C19H23N3O2S. The molecule has 0 radical (unpaired) electrons. The Morgan fingerprint density at radius 1 is 1.20 bits per heavy atom. The van der Waals surface area contributed by atoms with E-state index in [1.54, 1.807) is 6.07 Å². The molecule has 2 aromatic rings. The first-order valence-corrected chi connectivity index (χ1v) is 9.50. The molecule has 0 bridgehead atoms. The summed E-state index contributed by atoms with van der Waals surface area (Å²) < 4.78 is 0. The van der Waals surface area contributed by atoms with Crippen LogP contribution in [0.1, 0.15) is 28.1 Å². The number of hydrogen-bond donors (Lipinski definition) is 3. The van der Waals surface area contributed by atoms with Crippen LogP contribution in [-0.2, 0) is 11.2 Å². The van der Waals surface area contributed by atoms with Gasteiger partial charge < -0.3 is 16.0 Å². The number of benzene rings is 1. The van der Waals surface area contributed by atoms with Crippen LogP contribution in [0.25, 0.3) is 0 Å². The number of rotatable bonds is 7. The summed E-state index contributed by atoms with van der Waals surface area (Å²) in [5.41, 5.74) is 1.02. The third-order valence-electron chi connectivity index (χ3n) is 4.33. The van der Waals surface area contributed by atoms with Crippen LogP contribution in [0.3, 0.4) is 0 Å². The summed E-state index contributed by atoms with van der Waals surface area (Å²) in [7, 11) is 0. The van der Waals surface area contributed by atoms with Crippen LogP contribution < -0.4 is 16.0 Å². The Balaban J connectivity index is 1.64. The van der Waals surface area contributed by atoms with Crippen LogP contribution in [-0.4, -0.2) is 37.0 Å². The van der Waals surface area contributed by atoms with Crippen molar-refractivity contribution < 1.29 is 9.59 Å². The third-order valence-corrected chi connectivity index (χ3v) is 5.20. The average molecular weight is 357 g/mol. The lowest BCUT2D eigenvalue weighted by Crippen LogP contribution is -2.50. The number of carbonyl (C=O) groups is 2. The van der Waals surface area contributed by atoms with Crippen LogP contribution >= 0.6 is 11.3 Å². The molecule has 2 atom stereocenters. The van der Waals surface area contributed by atoms with Crippen LogP contribution in [0.2, 0.25) is 0 Å². The van der Waals surface area contributed by atoms with Crippen LogP contribution in [0.15, 0.2) is 47.8 Å². The van der Waals surface area contributed by atoms with Crippen LogP contribution in [0, 0.1) is 0 Å². The van der Waals surface area contributed by atoms with Gasteiger partial charge in [-0.3, -0.25) is 9.59 Å². The Hall–Kier alpha value is -2.18. The zero-order valence-electron chi connectivity index (χ0n) is 14.0. The van der Waals surface area contributed by atoms with E-state index in [2.05, 4.69) is 16.0 Å². The number of nitrogens with one attached hydrogen (secondary N) is 3. The maximum atomic E-state index is 12.7. The van der Waals surface area contributed by atoms with Crippen molar-refractivity contribution in [2.75, 3.05) is 13.1 Å². The Kier molecular flexibility index (Phi) is 6.19. The lowest BCUT2D eigenvalue weighted by atomic mass is 10.0. The molecule has 3 N–H and O–H groups in total. The zero-order valence-corrected chi connectivity index (χ0v) is 14.9. The summed E-state index contributed by atoms with van der Waals surface area (Å²) in [6.07, 6.45) is 2.69. The van der Waals surface area contributed by atoms with Gasteiger partial charge in [0.05, 0.1) is 4.88 Å². The van der Waals surface area contributed by atoms with Gasteiger partial charge in [-0.05, 0) is 36.4 Å². The van der Waals surface area contributed by atoms with E-state index in [0.29, 0.717) is 23.9 Å². The number of thiophene rings is 1. The van der Waals surface area contributed by atoms with Crippen molar-refractivity contribution in [2.45, 2.75) is 31.3 Å². The molecule has 3 rings (SSSR count). The van der Waals surface area contributed by atoms with Gasteiger partial charge in [0.25, 0.3) is 5.91 Å². The molecule has 1 aromatic heterocycles. The highest BCUT2D eigenvalue weighted by atomic mass is 32.1. The molecule has 1 saturated heterocycles. The first-order valence-electron chi connectivity index (χ1n) is 8.62. The van der Waals surface area contributed by atoms with Gasteiger partial charge in [0, 0.05) is 19.0 Å². The minimum Gasteiger partial charge on any atom is -0.353 e. The number of carbonyl (C=O) groups excluding carboxylic acids is 2. The van der Waals surface area contributed by atoms with Crippen molar-refractivity contribution >= 4 is 23.2 Å². The predicted octanol–water partition coefficient (Wildman–Crippen LogP) is 1.96. The van der Waals surface area contributed by atoms with E-state index in [0.717, 1.165) is 24.9 Å². The first-order chi connectivity index (χ1) is 12.2. The van der Waals surface area contributed by atoms with Crippen molar-refractivity contribution in [1.82, 2.24) is 16.0 Å². The molecule has 0 saturated carbocycles. The van der Waals surface area contributed by atoms with Gasteiger partial charge in [-0.2, -0.15) is 0 Å². The topological polar surface area (TPSA) is 70.2 Å². The fourth-order valence-corrected chi connectivity index (χ4v) is 3.60. The van der Waals surface area contributed by atoms with Crippen molar-refractivity contribution in [3.8, 4) is 0 Å². The van der Waals surface area contributed by atoms with Gasteiger partial charge in [0.2, 0.25) is 5.91 Å². The summed E-state index contributed by atoms with van der Waals surface area (Å²) >= 11 is 1.37. The normalized spacial score (nSPS) is 17.8. The standard InChI is InChI=1S/C19H23N3O2S/c23-18(21-13-15-8-4-10-20-15)16(12-14-6-2-1-3-7-14)22-19(24)17-9-5-11-25-17/h1-3,5-7,9,11,15-16,20H,4,8,10,12-13H2,(H,21,23)(H,22,24). The minimum atomic E-state index is -0.585. The highest BCUT2D eigenvalue weighted by Gasteiger charge is 2.23. The molecule has 2 heterocycles. The summed E-state index contributed by atoms with van der Waals surface area (Å²) in [5, 5.41) is 11.1. The Bertz CT molecular complexity index is 682. The van der Waals surface area contributed by atoms with E-state index in [1.807, 2.05) is 41.8 Å². The molecule has 1 aliphatic rings. The quantitative estimate of drug-likeness (QED) is 0.709. The highest BCUT2D eigenvalue weighted by molar-refractivity contribution is 7.12. The number of amides is 2. The summed E-state index contributed by atoms with van der Waals surface area (Å²) in [5.74, 6) is -0.340. The van der Waals surface area contributed by atoms with E-state index >= 15 is 0 Å². The van der Waals surface area contributed by atoms with E-state index in [-0.39, 0.29) is 11.8 Å². The first kappa shape index (κ1) is 17.6. The van der Waals surface area contributed by atoms with Gasteiger partial charge in [0.1, 0.15) is 6.04 Å². The summed E-state index contributed by atoms with van der Waals surface area (Å²) in [4.78, 5) is 25.7. The van der Waals surface area contributed by atoms with Gasteiger partial charge in [-0.1, -0.05) is 36.4 Å². The lowest BCUT2D eigenvalue weighted by molar-refractivity contribution is -0.123. The van der Waals surface area contributed by atoms with Crippen LogP contribution in [0.4, 0.5) is 0 Å². The molecule has 1 aliphatic heterocycles. The molecule has 0 spiro atoms. The van der Waals surface area contributed by atoms with Gasteiger partial charge in [0.15, 0.2) is 0 Å². The van der Waals surface area contributed by atoms with E-state index in [9.17, 15) is 9.59 Å². The Morgan fingerprint density at radius 3 is 2.72 bits per heavy atom. The maximum absolute atomic E-state index is 12.7. The molecule has 25 heavy (non-hydrogen) atoms. The molecule has 1 aromatic carbocycles. The van der Waals surface area contributed by atoms with Crippen molar-refractivity contribution in [3.05, 3.63) is 58.3 Å². The third kappa shape index (κ3) is 5.14. The molecule has 2 unspecified atom stereocenters. The van der Waals surface area contributed by atoms with E-state index in [1.165, 1.54) is 11.3 Å². The van der Waals surface area contributed by atoms with E-state index < -0.39 is 6.04 Å². The second-order valence-corrected chi connectivity index (χ2v) is 7.18. The highest BCUT2D eigenvalue weighted by Crippen LogP contribution is 2.10. The van der Waals surface area contributed by atoms with Gasteiger partial charge in [-0.25, -0.2) is 0 Å². The van der Waals surface area contributed by atoms with E-state index in [4.69, 9.17) is 0 Å². The second kappa shape index (κ2) is 8.78. The van der Waals surface area contributed by atoms with Crippen molar-refractivity contribution in [1.29, 1.82) is 0 Å².